The number of fused-ring (bicyclic) bond motifs is 2. The lowest BCUT2D eigenvalue weighted by atomic mass is 10.00. The van der Waals surface area contributed by atoms with E-state index in [1.165, 1.54) is 6.92 Å². The molecule has 3 rings (SSSR count). The third-order valence-electron chi connectivity index (χ3n) is 5.61. The number of hydrogen-bond acceptors (Lipinski definition) is 7. The maximum absolute atomic E-state index is 12.7. The highest BCUT2D eigenvalue weighted by molar-refractivity contribution is 6.29. The summed E-state index contributed by atoms with van der Waals surface area (Å²) in [4.78, 5) is 36.2. The van der Waals surface area contributed by atoms with Crippen molar-refractivity contribution in [3.8, 4) is 0 Å². The zero-order valence-corrected chi connectivity index (χ0v) is 18.9. The standard InChI is InChI=1S/C23H29ClO7/c1-13-9-19(30-21(26)10-13)23-20-11-17(29-23)8-7-16(24)6-4-5-14(2)18(28-15(3)25)12-22(27)31-20/h5-6,9,17-20,23H,4,7-8,10-12H2,1-3H3/b14-5-,16-6-/t17?,18-,19+,20?,23-/m0/s1. The lowest BCUT2D eigenvalue weighted by Crippen LogP contribution is -2.41. The van der Waals surface area contributed by atoms with E-state index in [0.29, 0.717) is 30.7 Å². The number of rotatable bonds is 2. The maximum atomic E-state index is 12.7. The van der Waals surface area contributed by atoms with Crippen LogP contribution in [0, 0.1) is 0 Å². The van der Waals surface area contributed by atoms with E-state index in [1.54, 1.807) is 6.92 Å². The van der Waals surface area contributed by atoms with Crippen molar-refractivity contribution in [1.29, 1.82) is 0 Å². The number of halogens is 1. The zero-order valence-electron chi connectivity index (χ0n) is 18.1. The maximum Gasteiger partial charge on any atom is 0.310 e. The Morgan fingerprint density at radius 3 is 2.65 bits per heavy atom. The molecule has 0 aliphatic carbocycles. The quantitative estimate of drug-likeness (QED) is 0.356. The number of carbonyl (C=O) groups is 3. The number of ether oxygens (including phenoxy) is 4. The predicted molar refractivity (Wildman–Crippen MR) is 113 cm³/mol. The summed E-state index contributed by atoms with van der Waals surface area (Å²) >= 11 is 6.36. The van der Waals surface area contributed by atoms with Gasteiger partial charge in [0, 0.05) is 18.4 Å². The van der Waals surface area contributed by atoms with Gasteiger partial charge in [0.2, 0.25) is 0 Å². The first-order valence-corrected chi connectivity index (χ1v) is 11.0. The molecule has 3 heterocycles. The minimum atomic E-state index is -0.716. The molecule has 0 radical (unpaired) electrons. The SMILES string of the molecule is CC(=O)O[C@H]1CC(=O)OC2CC(CC/C(Cl)=C/C/C=C\1C)O[C@H]2[C@H]1C=C(C)CC(=O)O1. The minimum absolute atomic E-state index is 0.105. The molecule has 0 aromatic carbocycles. The van der Waals surface area contributed by atoms with E-state index < -0.39 is 36.4 Å². The largest absolute Gasteiger partial charge is 0.459 e. The van der Waals surface area contributed by atoms with Crippen molar-refractivity contribution in [2.24, 2.45) is 0 Å². The summed E-state index contributed by atoms with van der Waals surface area (Å²) in [7, 11) is 0. The number of carbonyl (C=O) groups excluding carboxylic acids is 3. The normalized spacial score (nSPS) is 36.0. The molecule has 1 fully saturated rings. The van der Waals surface area contributed by atoms with Crippen molar-refractivity contribution in [1.82, 2.24) is 0 Å². The number of allylic oxidation sites excluding steroid dienone is 3. The van der Waals surface area contributed by atoms with Crippen molar-refractivity contribution in [3.05, 3.63) is 34.4 Å². The molecule has 3 aliphatic heterocycles. The van der Waals surface area contributed by atoms with Crippen molar-refractivity contribution in [2.45, 2.75) is 89.8 Å². The number of esters is 3. The van der Waals surface area contributed by atoms with Crippen molar-refractivity contribution >= 4 is 29.5 Å². The molecule has 31 heavy (non-hydrogen) atoms. The molecule has 2 unspecified atom stereocenters. The van der Waals surface area contributed by atoms with Gasteiger partial charge in [0.05, 0.1) is 18.9 Å². The average molecular weight is 453 g/mol. The predicted octanol–water partition coefficient (Wildman–Crippen LogP) is 3.89. The zero-order chi connectivity index (χ0) is 22.5. The Hall–Kier alpha value is -2.12. The summed E-state index contributed by atoms with van der Waals surface area (Å²) in [6.07, 6.45) is 5.44. The van der Waals surface area contributed by atoms with E-state index in [4.69, 9.17) is 30.5 Å². The van der Waals surface area contributed by atoms with E-state index in [0.717, 1.165) is 11.1 Å². The molecule has 7 nitrogen and oxygen atoms in total. The fraction of sp³-hybridized carbons (Fsp3) is 0.609. The summed E-state index contributed by atoms with van der Waals surface area (Å²) in [5.74, 6) is -1.29. The topological polar surface area (TPSA) is 88.1 Å². The molecular weight excluding hydrogens is 424 g/mol. The van der Waals surface area contributed by atoms with Crippen LogP contribution in [0.3, 0.4) is 0 Å². The molecular formula is C23H29ClO7. The van der Waals surface area contributed by atoms with Gasteiger partial charge in [0.25, 0.3) is 0 Å². The third-order valence-corrected chi connectivity index (χ3v) is 5.95. The van der Waals surface area contributed by atoms with Gasteiger partial charge >= 0.3 is 17.9 Å². The van der Waals surface area contributed by atoms with E-state index in [1.807, 2.05) is 25.2 Å². The van der Waals surface area contributed by atoms with Gasteiger partial charge in [-0.15, -0.1) is 0 Å². The van der Waals surface area contributed by atoms with Gasteiger partial charge < -0.3 is 18.9 Å². The molecule has 0 spiro atoms. The average Bonchev–Trinajstić information content (AvgIpc) is 3.06. The van der Waals surface area contributed by atoms with Crippen LogP contribution in [0.5, 0.6) is 0 Å². The van der Waals surface area contributed by atoms with Crippen molar-refractivity contribution < 1.29 is 33.3 Å². The van der Waals surface area contributed by atoms with Crippen LogP contribution >= 0.6 is 11.6 Å². The van der Waals surface area contributed by atoms with Crippen LogP contribution in [0.15, 0.2) is 34.4 Å². The Morgan fingerprint density at radius 2 is 1.94 bits per heavy atom. The van der Waals surface area contributed by atoms with Crippen LogP contribution in [-0.4, -0.2) is 48.4 Å². The minimum Gasteiger partial charge on any atom is -0.459 e. The van der Waals surface area contributed by atoms with Gasteiger partial charge in [-0.25, -0.2) is 0 Å². The highest BCUT2D eigenvalue weighted by atomic mass is 35.5. The fourth-order valence-electron chi connectivity index (χ4n) is 4.07. The molecule has 170 valence electrons. The Labute approximate surface area is 187 Å². The van der Waals surface area contributed by atoms with Crippen LogP contribution < -0.4 is 0 Å². The lowest BCUT2D eigenvalue weighted by molar-refractivity contribution is -0.165. The first-order chi connectivity index (χ1) is 14.7. The highest BCUT2D eigenvalue weighted by Crippen LogP contribution is 2.33. The van der Waals surface area contributed by atoms with Gasteiger partial charge in [-0.2, -0.15) is 0 Å². The van der Waals surface area contributed by atoms with Gasteiger partial charge in [-0.1, -0.05) is 29.3 Å². The summed E-state index contributed by atoms with van der Waals surface area (Å²) < 4.78 is 22.7. The summed E-state index contributed by atoms with van der Waals surface area (Å²) in [6, 6.07) is 0. The first-order valence-electron chi connectivity index (χ1n) is 10.6. The molecule has 3 aliphatic rings. The van der Waals surface area contributed by atoms with Crippen LogP contribution in [0.25, 0.3) is 0 Å². The van der Waals surface area contributed by atoms with Crippen molar-refractivity contribution in [2.75, 3.05) is 0 Å². The fourth-order valence-corrected chi connectivity index (χ4v) is 4.27. The van der Waals surface area contributed by atoms with Gasteiger partial charge in [0.1, 0.15) is 24.4 Å². The molecule has 0 N–H and O–H groups in total. The molecule has 0 saturated carbocycles. The molecule has 2 bridgehead atoms. The molecule has 8 heteroatoms. The molecule has 5 atom stereocenters. The number of cyclic esters (lactones) is 1. The Bertz CT molecular complexity index is 813. The molecule has 0 amide bonds. The van der Waals surface area contributed by atoms with Crippen LogP contribution in [-0.2, 0) is 33.3 Å². The smallest absolute Gasteiger partial charge is 0.310 e. The molecule has 0 aromatic heterocycles. The van der Waals surface area contributed by atoms with E-state index >= 15 is 0 Å². The van der Waals surface area contributed by atoms with E-state index in [9.17, 15) is 14.4 Å². The summed E-state index contributed by atoms with van der Waals surface area (Å²) in [6.45, 7) is 4.97. The van der Waals surface area contributed by atoms with Crippen LogP contribution in [0.2, 0.25) is 0 Å². The lowest BCUT2D eigenvalue weighted by Gasteiger charge is -2.28. The highest BCUT2D eigenvalue weighted by Gasteiger charge is 2.44. The van der Waals surface area contributed by atoms with Gasteiger partial charge in [-0.05, 0) is 44.8 Å². The Morgan fingerprint density at radius 1 is 1.16 bits per heavy atom. The second-order valence-corrected chi connectivity index (χ2v) is 8.79. The number of hydrogen-bond donors (Lipinski definition) is 0. The second kappa shape index (κ2) is 10.5. The summed E-state index contributed by atoms with van der Waals surface area (Å²) in [5, 5.41) is 0.713. The van der Waals surface area contributed by atoms with Crippen molar-refractivity contribution in [3.63, 3.8) is 0 Å². The third kappa shape index (κ3) is 6.68. The summed E-state index contributed by atoms with van der Waals surface area (Å²) in [5.41, 5.74) is 1.65. The van der Waals surface area contributed by atoms with E-state index in [2.05, 4.69) is 0 Å². The first kappa shape index (κ1) is 23.5. The molecule has 0 aromatic rings. The monoisotopic (exact) mass is 452 g/mol. The molecule has 1 saturated heterocycles. The Kier molecular flexibility index (Phi) is 7.94. The van der Waals surface area contributed by atoms with Crippen LogP contribution in [0.1, 0.15) is 59.3 Å². The van der Waals surface area contributed by atoms with E-state index in [-0.39, 0.29) is 24.9 Å². The Balaban J connectivity index is 1.83. The van der Waals surface area contributed by atoms with Gasteiger partial charge in [-0.3, -0.25) is 14.4 Å². The van der Waals surface area contributed by atoms with Crippen LogP contribution in [0.4, 0.5) is 0 Å². The second-order valence-electron chi connectivity index (χ2n) is 8.31. The van der Waals surface area contributed by atoms with Gasteiger partial charge in [0.15, 0.2) is 0 Å².